The molecule has 17 heavy (non-hydrogen) atoms. The summed E-state index contributed by atoms with van der Waals surface area (Å²) < 4.78 is 11.4. The molecule has 2 nitrogen and oxygen atoms in total. The van der Waals surface area contributed by atoms with Gasteiger partial charge in [-0.15, -0.1) is 0 Å². The highest BCUT2D eigenvalue weighted by Gasteiger charge is 2.14. The van der Waals surface area contributed by atoms with Gasteiger partial charge in [0.25, 0.3) is 0 Å². The molecule has 0 aliphatic rings. The van der Waals surface area contributed by atoms with Crippen LogP contribution in [0.25, 0.3) is 6.08 Å². The van der Waals surface area contributed by atoms with Crippen LogP contribution in [0.2, 0.25) is 0 Å². The topological polar surface area (TPSA) is 18.5 Å². The lowest BCUT2D eigenvalue weighted by Gasteiger charge is -2.18. The zero-order valence-electron chi connectivity index (χ0n) is 10.8. The van der Waals surface area contributed by atoms with Crippen LogP contribution in [0.5, 0.6) is 0 Å². The van der Waals surface area contributed by atoms with Gasteiger partial charge >= 0.3 is 0 Å². The Morgan fingerprint density at radius 2 is 1.65 bits per heavy atom. The zero-order valence-corrected chi connectivity index (χ0v) is 11.7. The van der Waals surface area contributed by atoms with Crippen molar-refractivity contribution in [1.29, 1.82) is 0 Å². The maximum atomic E-state index is 5.68. The van der Waals surface area contributed by atoms with Crippen LogP contribution >= 0.6 is 8.38 Å². The lowest BCUT2D eigenvalue weighted by Crippen LogP contribution is -1.93. The molecule has 0 amide bonds. The van der Waals surface area contributed by atoms with Crippen molar-refractivity contribution in [2.24, 2.45) is 0 Å². The van der Waals surface area contributed by atoms with Crippen molar-refractivity contribution in [3.05, 3.63) is 41.2 Å². The van der Waals surface area contributed by atoms with Crippen molar-refractivity contribution >= 4 is 14.5 Å². The van der Waals surface area contributed by atoms with E-state index in [4.69, 9.17) is 9.05 Å². The van der Waals surface area contributed by atoms with Crippen LogP contribution in [-0.4, -0.2) is 13.2 Å². The third-order valence-electron chi connectivity index (χ3n) is 2.22. The molecule has 94 valence electrons. The molecule has 0 aromatic heterocycles. The van der Waals surface area contributed by atoms with E-state index in [-0.39, 0.29) is 0 Å². The molecule has 0 bridgehead atoms. The van der Waals surface area contributed by atoms with Gasteiger partial charge in [0.15, 0.2) is 0 Å². The molecule has 1 aromatic carbocycles. The lowest BCUT2D eigenvalue weighted by atomic mass is 10.2. The number of hydrogen-bond donors (Lipinski definition) is 0. The van der Waals surface area contributed by atoms with Gasteiger partial charge < -0.3 is 9.05 Å². The highest BCUT2D eigenvalue weighted by Crippen LogP contribution is 2.49. The van der Waals surface area contributed by atoms with E-state index >= 15 is 0 Å². The van der Waals surface area contributed by atoms with Gasteiger partial charge in [0.1, 0.15) is 0 Å². The molecule has 0 heterocycles. The van der Waals surface area contributed by atoms with Crippen LogP contribution in [0.3, 0.4) is 0 Å². The molecule has 0 aliphatic carbocycles. The Bertz CT molecular complexity index is 329. The summed E-state index contributed by atoms with van der Waals surface area (Å²) in [5, 5.41) is 1.25. The SMILES string of the molecule is CCOP(OCC)/C(=C/c1ccccc1)CC. The third-order valence-corrected chi connectivity index (χ3v) is 4.12. The van der Waals surface area contributed by atoms with Gasteiger partial charge in [-0.25, -0.2) is 0 Å². The van der Waals surface area contributed by atoms with Crippen LogP contribution in [0.1, 0.15) is 32.8 Å². The standard InChI is InChI=1S/C14H21O2P/c1-4-14(17(15-5-2)16-6-3)12-13-10-8-7-9-11-13/h7-12H,4-6H2,1-3H3/b14-12+. The molecule has 0 N–H and O–H groups in total. The quantitative estimate of drug-likeness (QED) is 0.647. The number of hydrogen-bond acceptors (Lipinski definition) is 2. The molecular weight excluding hydrogens is 231 g/mol. The van der Waals surface area contributed by atoms with Crippen LogP contribution in [-0.2, 0) is 9.05 Å². The van der Waals surface area contributed by atoms with Crippen LogP contribution in [0, 0.1) is 0 Å². The molecule has 0 radical (unpaired) electrons. The van der Waals surface area contributed by atoms with Gasteiger partial charge in [-0.2, -0.15) is 0 Å². The second-order valence-corrected chi connectivity index (χ2v) is 5.10. The van der Waals surface area contributed by atoms with E-state index < -0.39 is 8.38 Å². The van der Waals surface area contributed by atoms with E-state index in [0.717, 1.165) is 6.42 Å². The van der Waals surface area contributed by atoms with Gasteiger partial charge in [0, 0.05) is 5.31 Å². The molecular formula is C14H21O2P. The Hall–Kier alpha value is -0.690. The summed E-state index contributed by atoms with van der Waals surface area (Å²) in [5.74, 6) is 0. The van der Waals surface area contributed by atoms with Crippen molar-refractivity contribution in [3.63, 3.8) is 0 Å². The normalized spacial score (nSPS) is 12.1. The summed E-state index contributed by atoms with van der Waals surface area (Å²) in [6, 6.07) is 10.3. The van der Waals surface area contributed by atoms with E-state index in [1.165, 1.54) is 10.9 Å². The molecule has 0 atom stereocenters. The average molecular weight is 252 g/mol. The Kier molecular flexibility index (Phi) is 7.11. The van der Waals surface area contributed by atoms with Gasteiger partial charge in [-0.3, -0.25) is 0 Å². The minimum atomic E-state index is -0.887. The van der Waals surface area contributed by atoms with Gasteiger partial charge in [0.2, 0.25) is 8.38 Å². The summed E-state index contributed by atoms with van der Waals surface area (Å²) >= 11 is 0. The molecule has 0 saturated carbocycles. The molecule has 0 spiro atoms. The van der Waals surface area contributed by atoms with Gasteiger partial charge in [-0.1, -0.05) is 37.3 Å². The number of rotatable bonds is 7. The van der Waals surface area contributed by atoms with Crippen molar-refractivity contribution in [2.45, 2.75) is 27.2 Å². The van der Waals surface area contributed by atoms with Gasteiger partial charge in [-0.05, 0) is 31.9 Å². The maximum Gasteiger partial charge on any atom is 0.200 e. The first kappa shape index (κ1) is 14.4. The van der Waals surface area contributed by atoms with Crippen LogP contribution in [0.4, 0.5) is 0 Å². The molecule has 1 aromatic rings. The van der Waals surface area contributed by atoms with Gasteiger partial charge in [0.05, 0.1) is 13.2 Å². The molecule has 3 heteroatoms. The van der Waals surface area contributed by atoms with E-state index in [2.05, 4.69) is 25.1 Å². The molecule has 0 unspecified atom stereocenters. The van der Waals surface area contributed by atoms with E-state index in [9.17, 15) is 0 Å². The largest absolute Gasteiger partial charge is 0.331 e. The molecule has 1 rings (SSSR count). The second-order valence-electron chi connectivity index (χ2n) is 3.49. The predicted octanol–water partition coefficient (Wildman–Crippen LogP) is 4.82. The fourth-order valence-corrected chi connectivity index (χ4v) is 2.85. The molecule has 0 saturated heterocycles. The maximum absolute atomic E-state index is 5.68. The summed E-state index contributed by atoms with van der Waals surface area (Å²) in [7, 11) is -0.887. The highest BCUT2D eigenvalue weighted by molar-refractivity contribution is 7.52. The number of allylic oxidation sites excluding steroid dienone is 1. The highest BCUT2D eigenvalue weighted by atomic mass is 31.2. The smallest absolute Gasteiger partial charge is 0.200 e. The minimum Gasteiger partial charge on any atom is -0.331 e. The van der Waals surface area contributed by atoms with E-state index in [1.807, 2.05) is 32.0 Å². The minimum absolute atomic E-state index is 0.692. The fourth-order valence-electron chi connectivity index (χ4n) is 1.46. The second kappa shape index (κ2) is 8.41. The Labute approximate surface area is 106 Å². The first-order chi connectivity index (χ1) is 8.31. The van der Waals surface area contributed by atoms with E-state index in [1.54, 1.807) is 0 Å². The monoisotopic (exact) mass is 252 g/mol. The average Bonchev–Trinajstić information content (AvgIpc) is 2.37. The van der Waals surface area contributed by atoms with Crippen LogP contribution < -0.4 is 0 Å². The lowest BCUT2D eigenvalue weighted by molar-refractivity contribution is 0.274. The summed E-state index contributed by atoms with van der Waals surface area (Å²) in [6.07, 6.45) is 3.14. The third kappa shape index (κ3) is 4.99. The zero-order chi connectivity index (χ0) is 12.5. The summed E-state index contributed by atoms with van der Waals surface area (Å²) in [5.41, 5.74) is 1.20. The Balaban J connectivity index is 2.83. The first-order valence-electron chi connectivity index (χ1n) is 6.13. The number of benzene rings is 1. The summed E-state index contributed by atoms with van der Waals surface area (Å²) in [6.45, 7) is 7.53. The summed E-state index contributed by atoms with van der Waals surface area (Å²) in [4.78, 5) is 0. The Morgan fingerprint density at radius 3 is 2.12 bits per heavy atom. The van der Waals surface area contributed by atoms with Crippen molar-refractivity contribution < 1.29 is 9.05 Å². The van der Waals surface area contributed by atoms with Crippen molar-refractivity contribution in [1.82, 2.24) is 0 Å². The predicted molar refractivity (Wildman–Crippen MR) is 74.9 cm³/mol. The molecule has 0 aliphatic heterocycles. The molecule has 0 fully saturated rings. The van der Waals surface area contributed by atoms with Crippen molar-refractivity contribution in [2.75, 3.05) is 13.2 Å². The van der Waals surface area contributed by atoms with Crippen LogP contribution in [0.15, 0.2) is 35.6 Å². The van der Waals surface area contributed by atoms with Crippen molar-refractivity contribution in [3.8, 4) is 0 Å². The fraction of sp³-hybridized carbons (Fsp3) is 0.429. The van der Waals surface area contributed by atoms with E-state index in [0.29, 0.717) is 13.2 Å². The first-order valence-corrected chi connectivity index (χ1v) is 7.31. The Morgan fingerprint density at radius 1 is 1.06 bits per heavy atom.